The Balaban J connectivity index is 2.09. The van der Waals surface area contributed by atoms with E-state index in [1.54, 1.807) is 5.01 Å². The van der Waals surface area contributed by atoms with Crippen LogP contribution in [-0.4, -0.2) is 47.2 Å². The highest BCUT2D eigenvalue weighted by atomic mass is 16.5. The molecule has 2 aromatic rings. The predicted octanol–water partition coefficient (Wildman–Crippen LogP) is 2.05. The monoisotopic (exact) mass is 413 g/mol. The fourth-order valence-electron chi connectivity index (χ4n) is 3.22. The second-order valence-electron chi connectivity index (χ2n) is 7.19. The molecule has 2 aromatic carbocycles. The minimum atomic E-state index is -0.886. The van der Waals surface area contributed by atoms with Crippen molar-refractivity contribution in [2.75, 3.05) is 13.2 Å². The molecule has 3 N–H and O–H groups in total. The average Bonchev–Trinajstić information content (AvgIpc) is 2.69. The van der Waals surface area contributed by atoms with E-state index in [0.29, 0.717) is 19.6 Å². The number of amides is 2. The first-order valence-electron chi connectivity index (χ1n) is 10.1. The van der Waals surface area contributed by atoms with Crippen LogP contribution in [0, 0.1) is 0 Å². The third-order valence-corrected chi connectivity index (χ3v) is 4.48. The molecule has 0 aliphatic carbocycles. The van der Waals surface area contributed by atoms with Crippen LogP contribution in [0.3, 0.4) is 0 Å². The molecule has 162 valence electrons. The standard InChI is InChI=1S/C23H31N3O4/c1-4-30-21-12-10-20(11-13-21)15-26(25-18(3)28)16-23(29)22(24-17(2)27)14-19-8-6-5-7-9-19/h5-13,22-23,29H,4,14-16H2,1-3H3,(H,24,27)(H,25,28). The number of ether oxygens (including phenoxy) is 1. The Hall–Kier alpha value is -2.90. The van der Waals surface area contributed by atoms with Crippen molar-refractivity contribution in [3.63, 3.8) is 0 Å². The predicted molar refractivity (Wildman–Crippen MR) is 116 cm³/mol. The number of hydrogen-bond donors (Lipinski definition) is 3. The molecule has 2 rings (SSSR count). The second-order valence-corrected chi connectivity index (χ2v) is 7.19. The summed E-state index contributed by atoms with van der Waals surface area (Å²) in [4.78, 5) is 23.4. The molecule has 0 bridgehead atoms. The first-order valence-corrected chi connectivity index (χ1v) is 10.1. The van der Waals surface area contributed by atoms with Crippen molar-refractivity contribution in [3.05, 3.63) is 65.7 Å². The van der Waals surface area contributed by atoms with Gasteiger partial charge in [0.1, 0.15) is 5.75 Å². The fraction of sp³-hybridized carbons (Fsp3) is 0.391. The van der Waals surface area contributed by atoms with Gasteiger partial charge in [-0.2, -0.15) is 0 Å². The minimum Gasteiger partial charge on any atom is -0.494 e. The molecule has 0 aromatic heterocycles. The topological polar surface area (TPSA) is 90.9 Å². The van der Waals surface area contributed by atoms with Crippen LogP contribution in [0.2, 0.25) is 0 Å². The van der Waals surface area contributed by atoms with Crippen LogP contribution < -0.4 is 15.5 Å². The van der Waals surface area contributed by atoms with Gasteiger partial charge >= 0.3 is 0 Å². The van der Waals surface area contributed by atoms with Crippen molar-refractivity contribution in [1.82, 2.24) is 15.8 Å². The Kier molecular flexibility index (Phi) is 9.31. The lowest BCUT2D eigenvalue weighted by Gasteiger charge is -2.30. The van der Waals surface area contributed by atoms with Crippen LogP contribution in [0.15, 0.2) is 54.6 Å². The summed E-state index contributed by atoms with van der Waals surface area (Å²) in [5, 5.41) is 15.3. The maximum Gasteiger partial charge on any atom is 0.231 e. The van der Waals surface area contributed by atoms with Gasteiger partial charge in [0, 0.05) is 26.9 Å². The smallest absolute Gasteiger partial charge is 0.231 e. The zero-order valence-corrected chi connectivity index (χ0v) is 17.8. The van der Waals surface area contributed by atoms with Crippen molar-refractivity contribution in [2.45, 2.75) is 45.9 Å². The summed E-state index contributed by atoms with van der Waals surface area (Å²) in [6.45, 7) is 5.93. The fourth-order valence-corrected chi connectivity index (χ4v) is 3.22. The molecule has 7 heteroatoms. The van der Waals surface area contributed by atoms with Gasteiger partial charge in [0.05, 0.1) is 18.8 Å². The lowest BCUT2D eigenvalue weighted by Crippen LogP contribution is -2.52. The highest BCUT2D eigenvalue weighted by Gasteiger charge is 2.24. The average molecular weight is 414 g/mol. The number of carbonyl (C=O) groups excluding carboxylic acids is 2. The summed E-state index contributed by atoms with van der Waals surface area (Å²) in [6, 6.07) is 16.8. The Labute approximate surface area is 178 Å². The number of nitrogens with zero attached hydrogens (tertiary/aromatic N) is 1. The van der Waals surface area contributed by atoms with Crippen LogP contribution in [-0.2, 0) is 22.6 Å². The van der Waals surface area contributed by atoms with E-state index in [1.165, 1.54) is 13.8 Å². The first-order chi connectivity index (χ1) is 14.4. The molecule has 0 saturated heterocycles. The van der Waals surface area contributed by atoms with Gasteiger partial charge in [0.25, 0.3) is 0 Å². The molecule has 0 radical (unpaired) electrons. The number of hydrogen-bond acceptors (Lipinski definition) is 5. The Morgan fingerprint density at radius 2 is 1.67 bits per heavy atom. The second kappa shape index (κ2) is 11.9. The van der Waals surface area contributed by atoms with Crippen molar-refractivity contribution >= 4 is 11.8 Å². The van der Waals surface area contributed by atoms with E-state index in [0.717, 1.165) is 16.9 Å². The molecule has 2 atom stereocenters. The highest BCUT2D eigenvalue weighted by Crippen LogP contribution is 2.14. The Morgan fingerprint density at radius 3 is 2.23 bits per heavy atom. The van der Waals surface area contributed by atoms with Crippen LogP contribution in [0.4, 0.5) is 0 Å². The van der Waals surface area contributed by atoms with Crippen molar-refractivity contribution in [2.24, 2.45) is 0 Å². The van der Waals surface area contributed by atoms with Crippen molar-refractivity contribution < 1.29 is 19.4 Å². The molecule has 7 nitrogen and oxygen atoms in total. The molecule has 0 spiro atoms. The SMILES string of the molecule is CCOc1ccc(CN(CC(O)C(Cc2ccccc2)NC(C)=O)NC(C)=O)cc1. The summed E-state index contributed by atoms with van der Waals surface area (Å²) >= 11 is 0. The molecule has 0 fully saturated rings. The van der Waals surface area contributed by atoms with Crippen LogP contribution in [0.1, 0.15) is 31.9 Å². The number of carbonyl (C=O) groups is 2. The number of aliphatic hydroxyl groups excluding tert-OH is 1. The van der Waals surface area contributed by atoms with Crippen molar-refractivity contribution in [3.8, 4) is 5.75 Å². The number of benzene rings is 2. The van der Waals surface area contributed by atoms with Gasteiger partial charge in [0.15, 0.2) is 0 Å². The molecular formula is C23H31N3O4. The van der Waals surface area contributed by atoms with Gasteiger partial charge in [-0.15, -0.1) is 0 Å². The quantitative estimate of drug-likeness (QED) is 0.491. The van der Waals surface area contributed by atoms with Crippen molar-refractivity contribution in [1.29, 1.82) is 0 Å². The van der Waals surface area contributed by atoms with Gasteiger partial charge in [-0.1, -0.05) is 42.5 Å². The summed E-state index contributed by atoms with van der Waals surface area (Å²) in [5.74, 6) is 0.334. The molecule has 2 amide bonds. The summed E-state index contributed by atoms with van der Waals surface area (Å²) in [5.41, 5.74) is 4.73. The van der Waals surface area contributed by atoms with Gasteiger partial charge in [-0.25, -0.2) is 5.01 Å². The molecule has 0 heterocycles. The number of rotatable bonds is 11. The molecule has 30 heavy (non-hydrogen) atoms. The largest absolute Gasteiger partial charge is 0.494 e. The summed E-state index contributed by atoms with van der Waals surface area (Å²) < 4.78 is 5.46. The van der Waals surface area contributed by atoms with Gasteiger partial charge in [-0.05, 0) is 36.6 Å². The lowest BCUT2D eigenvalue weighted by molar-refractivity contribution is -0.125. The Morgan fingerprint density at radius 1 is 1.00 bits per heavy atom. The van der Waals surface area contributed by atoms with Gasteiger partial charge < -0.3 is 15.2 Å². The Bertz CT molecular complexity index is 796. The third-order valence-electron chi connectivity index (χ3n) is 4.48. The van der Waals surface area contributed by atoms with Crippen LogP contribution >= 0.6 is 0 Å². The third kappa shape index (κ3) is 8.23. The maximum absolute atomic E-state index is 11.7. The van der Waals surface area contributed by atoms with Gasteiger partial charge in [-0.3, -0.25) is 15.0 Å². The number of nitrogens with one attached hydrogen (secondary N) is 2. The molecule has 2 unspecified atom stereocenters. The molecule has 0 aliphatic heterocycles. The number of aliphatic hydroxyl groups is 1. The summed E-state index contributed by atoms with van der Waals surface area (Å²) in [6.07, 6.45) is -0.401. The van der Waals surface area contributed by atoms with Crippen LogP contribution in [0.25, 0.3) is 0 Å². The maximum atomic E-state index is 11.7. The van der Waals surface area contributed by atoms with E-state index in [-0.39, 0.29) is 18.4 Å². The molecule has 0 saturated carbocycles. The zero-order chi connectivity index (χ0) is 21.9. The van der Waals surface area contributed by atoms with E-state index < -0.39 is 12.1 Å². The highest BCUT2D eigenvalue weighted by molar-refractivity contribution is 5.73. The normalized spacial score (nSPS) is 12.8. The first kappa shape index (κ1) is 23.4. The minimum absolute atomic E-state index is 0.157. The zero-order valence-electron chi connectivity index (χ0n) is 17.8. The van der Waals surface area contributed by atoms with Crippen LogP contribution in [0.5, 0.6) is 5.75 Å². The van der Waals surface area contributed by atoms with E-state index in [4.69, 9.17) is 4.74 Å². The summed E-state index contributed by atoms with van der Waals surface area (Å²) in [7, 11) is 0. The lowest BCUT2D eigenvalue weighted by atomic mass is 10.0. The van der Waals surface area contributed by atoms with E-state index in [1.807, 2.05) is 61.5 Å². The van der Waals surface area contributed by atoms with Gasteiger partial charge in [0.2, 0.25) is 11.8 Å². The molecular weight excluding hydrogens is 382 g/mol. The number of hydrazine groups is 1. The van der Waals surface area contributed by atoms with E-state index in [2.05, 4.69) is 10.7 Å². The van der Waals surface area contributed by atoms with E-state index in [9.17, 15) is 14.7 Å². The van der Waals surface area contributed by atoms with E-state index >= 15 is 0 Å². The molecule has 0 aliphatic rings.